The predicted octanol–water partition coefficient (Wildman–Crippen LogP) is 7.94. The van der Waals surface area contributed by atoms with Gasteiger partial charge in [0.05, 0.1) is 24.5 Å². The van der Waals surface area contributed by atoms with Crippen molar-refractivity contribution in [1.29, 1.82) is 0 Å². The molecule has 4 rings (SSSR count). The van der Waals surface area contributed by atoms with Crippen LogP contribution in [-0.2, 0) is 25.2 Å². The number of anilines is 1. The molecule has 11 heteroatoms. The van der Waals surface area contributed by atoms with Crippen LogP contribution in [0.5, 0.6) is 0 Å². The van der Waals surface area contributed by atoms with Gasteiger partial charge in [0.25, 0.3) is 5.91 Å². The summed E-state index contributed by atoms with van der Waals surface area (Å²) in [6, 6.07) is 23.0. The Morgan fingerprint density at radius 1 is 0.917 bits per heavy atom. The van der Waals surface area contributed by atoms with E-state index in [1.54, 1.807) is 52.5 Å². The monoisotopic (exact) mass is 706 g/mol. The molecule has 48 heavy (non-hydrogen) atoms. The number of nitrogens with one attached hydrogen (secondary N) is 1. The van der Waals surface area contributed by atoms with Crippen molar-refractivity contribution in [3.63, 3.8) is 0 Å². The summed E-state index contributed by atoms with van der Waals surface area (Å²) in [4.78, 5) is 50.0. The largest absolute Gasteiger partial charge is 0.352 e. The molecule has 254 valence electrons. The van der Waals surface area contributed by atoms with E-state index in [2.05, 4.69) is 24.1 Å². The molecule has 3 aromatic carbocycles. The summed E-state index contributed by atoms with van der Waals surface area (Å²) in [5, 5.41) is 3.01. The van der Waals surface area contributed by atoms with Crippen molar-refractivity contribution in [3.8, 4) is 11.8 Å². The maximum absolute atomic E-state index is 13.4. The second kappa shape index (κ2) is 18.4. The molecule has 2 amide bonds. The van der Waals surface area contributed by atoms with Crippen LogP contribution in [0.15, 0.2) is 72.8 Å². The van der Waals surface area contributed by atoms with Crippen molar-refractivity contribution in [2.24, 2.45) is 0 Å². The lowest BCUT2D eigenvalue weighted by Crippen LogP contribution is -2.32. The van der Waals surface area contributed by atoms with Gasteiger partial charge in [-0.2, -0.15) is 0 Å². The first kappa shape index (κ1) is 37.5. The highest BCUT2D eigenvalue weighted by molar-refractivity contribution is 8.76. The van der Waals surface area contributed by atoms with Gasteiger partial charge in [-0.3, -0.25) is 18.9 Å². The third-order valence-corrected chi connectivity index (χ3v) is 12.6. The van der Waals surface area contributed by atoms with E-state index in [0.717, 1.165) is 40.1 Å². The van der Waals surface area contributed by atoms with Crippen LogP contribution in [0, 0.1) is 11.8 Å². The molecule has 2 unspecified atom stereocenters. The molecule has 8 nitrogen and oxygen atoms in total. The van der Waals surface area contributed by atoms with Crippen molar-refractivity contribution in [3.05, 3.63) is 101 Å². The van der Waals surface area contributed by atoms with E-state index in [0.29, 0.717) is 31.5 Å². The first-order chi connectivity index (χ1) is 23.0. The smallest absolute Gasteiger partial charge is 0.330 e. The number of benzene rings is 3. The van der Waals surface area contributed by atoms with Crippen LogP contribution in [-0.4, -0.2) is 47.1 Å². The number of hydrogen-bond acceptors (Lipinski definition) is 7. The Hall–Kier alpha value is -3.32. The number of hydrogen-bond donors (Lipinski definition) is 2. The Morgan fingerprint density at radius 2 is 1.60 bits per heavy atom. The van der Waals surface area contributed by atoms with Gasteiger partial charge in [0.1, 0.15) is 5.78 Å². The van der Waals surface area contributed by atoms with Gasteiger partial charge in [0, 0.05) is 53.5 Å². The number of rotatable bonds is 17. The average Bonchev–Trinajstić information content (AvgIpc) is 3.07. The Labute approximate surface area is 291 Å². The van der Waals surface area contributed by atoms with Crippen molar-refractivity contribution in [1.82, 2.24) is 5.32 Å². The number of Topliss-reactive ketones (excluding diaryl/α,β-unsaturated/α-hetero) is 1. The van der Waals surface area contributed by atoms with E-state index in [1.165, 1.54) is 0 Å². The molecule has 1 aliphatic heterocycles. The van der Waals surface area contributed by atoms with Crippen LogP contribution in [0.1, 0.15) is 90.7 Å². The molecule has 1 heterocycles. The third-order valence-electron chi connectivity index (χ3n) is 7.86. The van der Waals surface area contributed by atoms with Gasteiger partial charge in [-0.1, -0.05) is 89.7 Å². The van der Waals surface area contributed by atoms with Gasteiger partial charge in [-0.25, -0.2) is 0 Å². The Morgan fingerprint density at radius 3 is 2.35 bits per heavy atom. The summed E-state index contributed by atoms with van der Waals surface area (Å²) in [5.41, 5.74) is 4.66. The predicted molar refractivity (Wildman–Crippen MR) is 196 cm³/mol. The number of carbonyl (C=O) groups excluding carboxylic acids is 3. The summed E-state index contributed by atoms with van der Waals surface area (Å²) in [5.74, 6) is 7.05. The van der Waals surface area contributed by atoms with E-state index < -0.39 is 13.3 Å². The quantitative estimate of drug-likeness (QED) is 0.0630. The minimum atomic E-state index is -3.59. The minimum Gasteiger partial charge on any atom is -0.352 e. The van der Waals surface area contributed by atoms with E-state index in [1.807, 2.05) is 60.7 Å². The maximum atomic E-state index is 13.4. The standard InChI is InChI=1S/C37H43N2O6PS2/c1-27(2)46(43,44)45-24-9-23-38-37(42)32-19-15-29(16-20-32)28(3)48-47-25-8-13-34(40)21-22-36(41)39-26-33-12-5-4-10-30(33)17-18-31-11-6-7-14-35(31)39/h4-7,10-12,14-16,19-20,27-28H,8-9,13,21-26H2,1-3H3,(H,38,42)(H,43,44). The third kappa shape index (κ3) is 11.1. The van der Waals surface area contributed by atoms with Gasteiger partial charge in [0.15, 0.2) is 0 Å². The molecular weight excluding hydrogens is 664 g/mol. The van der Waals surface area contributed by atoms with Gasteiger partial charge in [-0.05, 0) is 61.2 Å². The molecule has 0 aromatic heterocycles. The maximum Gasteiger partial charge on any atom is 0.330 e. The molecule has 0 radical (unpaired) electrons. The van der Waals surface area contributed by atoms with Gasteiger partial charge < -0.3 is 19.6 Å². The van der Waals surface area contributed by atoms with Crippen LogP contribution in [0.4, 0.5) is 5.69 Å². The number of fused-ring (bicyclic) bond motifs is 2. The Bertz CT molecular complexity index is 1680. The second-order valence-electron chi connectivity index (χ2n) is 11.8. The molecule has 0 saturated carbocycles. The topological polar surface area (TPSA) is 113 Å². The van der Waals surface area contributed by atoms with Crippen LogP contribution in [0.25, 0.3) is 0 Å². The fourth-order valence-electron chi connectivity index (χ4n) is 4.87. The zero-order valence-electron chi connectivity index (χ0n) is 27.6. The molecule has 0 bridgehead atoms. The molecule has 1 aliphatic rings. The van der Waals surface area contributed by atoms with Crippen LogP contribution < -0.4 is 10.2 Å². The SMILES string of the molecule is CC(SSCCCC(=O)CCC(=O)N1Cc2ccccc2C#Cc2ccccc21)c1ccc(C(=O)NCCCOP(=O)(O)C(C)C)cc1. The second-order valence-corrected chi connectivity index (χ2v) is 17.1. The Kier molecular flexibility index (Phi) is 14.4. The highest BCUT2D eigenvalue weighted by Gasteiger charge is 2.24. The number of carbonyl (C=O) groups is 3. The highest BCUT2D eigenvalue weighted by atomic mass is 33.1. The lowest BCUT2D eigenvalue weighted by atomic mass is 10.0. The number of amides is 2. The molecule has 0 spiro atoms. The Balaban J connectivity index is 1.13. The number of nitrogens with zero attached hydrogens (tertiary/aromatic N) is 1. The zero-order valence-corrected chi connectivity index (χ0v) is 30.2. The minimum absolute atomic E-state index is 0.0802. The summed E-state index contributed by atoms with van der Waals surface area (Å²) in [6.45, 7) is 6.24. The van der Waals surface area contributed by atoms with E-state index in [9.17, 15) is 23.8 Å². The highest BCUT2D eigenvalue weighted by Crippen LogP contribution is 2.47. The van der Waals surface area contributed by atoms with Crippen LogP contribution >= 0.6 is 29.2 Å². The molecule has 0 aliphatic carbocycles. The molecule has 2 atom stereocenters. The number of ketones is 1. The average molecular weight is 707 g/mol. The van der Waals surface area contributed by atoms with Crippen LogP contribution in [0.2, 0.25) is 0 Å². The normalized spacial score (nSPS) is 14.0. The van der Waals surface area contributed by atoms with Crippen molar-refractivity contribution >= 4 is 52.5 Å². The first-order valence-electron chi connectivity index (χ1n) is 16.2. The molecule has 0 fully saturated rings. The van der Waals surface area contributed by atoms with E-state index >= 15 is 0 Å². The summed E-state index contributed by atoms with van der Waals surface area (Å²) >= 11 is 0. The zero-order chi connectivity index (χ0) is 34.5. The summed E-state index contributed by atoms with van der Waals surface area (Å²) in [6.07, 6.45) is 2.00. The lowest BCUT2D eigenvalue weighted by Gasteiger charge is -2.26. The van der Waals surface area contributed by atoms with E-state index in [4.69, 9.17) is 4.52 Å². The molecule has 2 N–H and O–H groups in total. The lowest BCUT2D eigenvalue weighted by molar-refractivity contribution is -0.124. The molecule has 3 aromatic rings. The fraction of sp³-hybridized carbons (Fsp3) is 0.378. The molecule has 0 saturated heterocycles. The van der Waals surface area contributed by atoms with E-state index in [-0.39, 0.29) is 42.3 Å². The van der Waals surface area contributed by atoms with Crippen LogP contribution in [0.3, 0.4) is 0 Å². The van der Waals surface area contributed by atoms with Crippen molar-refractivity contribution in [2.75, 3.05) is 23.8 Å². The van der Waals surface area contributed by atoms with Crippen molar-refractivity contribution in [2.45, 2.75) is 70.3 Å². The number of para-hydroxylation sites is 1. The first-order valence-corrected chi connectivity index (χ1v) is 20.2. The van der Waals surface area contributed by atoms with Gasteiger partial charge >= 0.3 is 7.60 Å². The fourth-order valence-corrected chi connectivity index (χ4v) is 7.98. The van der Waals surface area contributed by atoms with Crippen molar-refractivity contribution < 1.29 is 28.4 Å². The summed E-state index contributed by atoms with van der Waals surface area (Å²) < 4.78 is 16.9. The van der Waals surface area contributed by atoms with Gasteiger partial charge in [0.2, 0.25) is 5.91 Å². The molecular formula is C37H43N2O6PS2. The summed E-state index contributed by atoms with van der Waals surface area (Å²) in [7, 11) is -0.159. The van der Waals surface area contributed by atoms with Gasteiger partial charge in [-0.15, -0.1) is 0 Å².